The number of rotatable bonds is 9. The van der Waals surface area contributed by atoms with Crippen molar-refractivity contribution in [2.75, 3.05) is 35.2 Å². The average molecular weight is 468 g/mol. The molecule has 2 aromatic carbocycles. The Balaban J connectivity index is 1.80. The van der Waals surface area contributed by atoms with Gasteiger partial charge in [-0.1, -0.05) is 41.4 Å². The fourth-order valence-corrected chi connectivity index (χ4v) is 3.80. The van der Waals surface area contributed by atoms with Crippen molar-refractivity contribution in [2.24, 2.45) is 0 Å². The van der Waals surface area contributed by atoms with E-state index in [2.05, 4.69) is 10.6 Å². The van der Waals surface area contributed by atoms with Gasteiger partial charge in [0.2, 0.25) is 17.7 Å². The molecule has 0 saturated heterocycles. The normalized spacial score (nSPS) is 10.4. The zero-order valence-corrected chi connectivity index (χ0v) is 19.0. The summed E-state index contributed by atoms with van der Waals surface area (Å²) in [6.07, 6.45) is 0. The molecule has 0 atom stereocenters. The molecule has 0 heterocycles. The standard InChI is InChI=1S/C21H23Cl2N3O3S/c1-3-26(11-18(27)25-21-16(22)8-5-9-17(21)23)20(29)13-30-12-19(28)24-15-7-4-6-14(2)10-15/h4-10H,3,11-13H2,1-2H3,(H,24,28)(H,25,27). The third-order valence-electron chi connectivity index (χ3n) is 4.06. The van der Waals surface area contributed by atoms with Gasteiger partial charge in [0, 0.05) is 12.2 Å². The Bertz CT molecular complexity index is 904. The second-order valence-electron chi connectivity index (χ2n) is 6.46. The molecule has 3 amide bonds. The first kappa shape index (κ1) is 24.1. The van der Waals surface area contributed by atoms with E-state index in [1.807, 2.05) is 31.2 Å². The zero-order valence-electron chi connectivity index (χ0n) is 16.7. The number of likely N-dealkylation sites (N-methyl/N-ethyl adjacent to an activating group) is 1. The van der Waals surface area contributed by atoms with Crippen molar-refractivity contribution in [3.63, 3.8) is 0 Å². The number of nitrogens with one attached hydrogen (secondary N) is 2. The Morgan fingerprint density at radius 1 is 0.967 bits per heavy atom. The van der Waals surface area contributed by atoms with Gasteiger partial charge in [-0.3, -0.25) is 14.4 Å². The van der Waals surface area contributed by atoms with Crippen molar-refractivity contribution in [1.82, 2.24) is 4.90 Å². The molecule has 9 heteroatoms. The predicted molar refractivity (Wildman–Crippen MR) is 124 cm³/mol. The summed E-state index contributed by atoms with van der Waals surface area (Å²) in [5.74, 6) is -0.588. The number of thioether (sulfide) groups is 1. The van der Waals surface area contributed by atoms with Crippen LogP contribution in [0.5, 0.6) is 0 Å². The smallest absolute Gasteiger partial charge is 0.244 e. The summed E-state index contributed by atoms with van der Waals surface area (Å²) in [6.45, 7) is 3.95. The van der Waals surface area contributed by atoms with Gasteiger partial charge in [-0.05, 0) is 43.7 Å². The van der Waals surface area contributed by atoms with Crippen LogP contribution in [-0.2, 0) is 14.4 Å². The number of nitrogens with zero attached hydrogens (tertiary/aromatic N) is 1. The van der Waals surface area contributed by atoms with E-state index in [0.29, 0.717) is 22.3 Å². The second-order valence-corrected chi connectivity index (χ2v) is 8.26. The highest BCUT2D eigenvalue weighted by Crippen LogP contribution is 2.29. The molecule has 0 radical (unpaired) electrons. The molecule has 0 aliphatic heterocycles. The van der Waals surface area contributed by atoms with Crippen LogP contribution >= 0.6 is 35.0 Å². The third kappa shape index (κ3) is 7.55. The molecule has 0 aliphatic rings. The second kappa shape index (κ2) is 11.8. The van der Waals surface area contributed by atoms with Crippen LogP contribution in [0.25, 0.3) is 0 Å². The minimum Gasteiger partial charge on any atom is -0.333 e. The van der Waals surface area contributed by atoms with Gasteiger partial charge < -0.3 is 15.5 Å². The van der Waals surface area contributed by atoms with Gasteiger partial charge in [0.05, 0.1) is 33.8 Å². The van der Waals surface area contributed by atoms with Crippen LogP contribution < -0.4 is 10.6 Å². The number of hydrogen-bond acceptors (Lipinski definition) is 4. The van der Waals surface area contributed by atoms with Crippen LogP contribution in [0.15, 0.2) is 42.5 Å². The lowest BCUT2D eigenvalue weighted by Crippen LogP contribution is -2.39. The van der Waals surface area contributed by atoms with Gasteiger partial charge >= 0.3 is 0 Å². The quantitative estimate of drug-likeness (QED) is 0.570. The molecule has 0 bridgehead atoms. The summed E-state index contributed by atoms with van der Waals surface area (Å²) in [5, 5.41) is 6.07. The summed E-state index contributed by atoms with van der Waals surface area (Å²) >= 11 is 13.3. The number of anilines is 2. The highest BCUT2D eigenvalue weighted by atomic mass is 35.5. The maximum absolute atomic E-state index is 12.4. The van der Waals surface area contributed by atoms with Crippen molar-refractivity contribution < 1.29 is 14.4 Å². The van der Waals surface area contributed by atoms with Gasteiger partial charge in [-0.15, -0.1) is 11.8 Å². The monoisotopic (exact) mass is 467 g/mol. The molecule has 30 heavy (non-hydrogen) atoms. The van der Waals surface area contributed by atoms with Crippen LogP contribution in [0.3, 0.4) is 0 Å². The van der Waals surface area contributed by atoms with E-state index in [9.17, 15) is 14.4 Å². The molecule has 0 aliphatic carbocycles. The minimum absolute atomic E-state index is 0.0925. The van der Waals surface area contributed by atoms with Crippen molar-refractivity contribution in [2.45, 2.75) is 13.8 Å². The van der Waals surface area contributed by atoms with Crippen molar-refractivity contribution in [3.8, 4) is 0 Å². The number of para-hydroxylation sites is 1. The third-order valence-corrected chi connectivity index (χ3v) is 5.60. The van der Waals surface area contributed by atoms with E-state index >= 15 is 0 Å². The van der Waals surface area contributed by atoms with Crippen LogP contribution in [-0.4, -0.2) is 47.2 Å². The highest BCUT2D eigenvalue weighted by Gasteiger charge is 2.18. The van der Waals surface area contributed by atoms with Crippen molar-refractivity contribution in [1.29, 1.82) is 0 Å². The number of benzene rings is 2. The SMILES string of the molecule is CCN(CC(=O)Nc1c(Cl)cccc1Cl)C(=O)CSCC(=O)Nc1cccc(C)c1. The first-order valence-corrected chi connectivity index (χ1v) is 11.2. The number of aryl methyl sites for hydroxylation is 1. The number of hydrogen-bond donors (Lipinski definition) is 2. The van der Waals surface area contributed by atoms with E-state index < -0.39 is 5.91 Å². The van der Waals surface area contributed by atoms with Gasteiger partial charge in [0.25, 0.3) is 0 Å². The molecule has 0 saturated carbocycles. The van der Waals surface area contributed by atoms with Crippen molar-refractivity contribution >= 4 is 64.1 Å². The lowest BCUT2D eigenvalue weighted by molar-refractivity contribution is -0.132. The van der Waals surface area contributed by atoms with Crippen LogP contribution in [0, 0.1) is 6.92 Å². The van der Waals surface area contributed by atoms with E-state index in [0.717, 1.165) is 11.3 Å². The molecular weight excluding hydrogens is 445 g/mol. The van der Waals surface area contributed by atoms with Gasteiger partial charge in [-0.25, -0.2) is 0 Å². The Labute approximate surface area is 190 Å². The van der Waals surface area contributed by atoms with Crippen molar-refractivity contribution in [3.05, 3.63) is 58.1 Å². The summed E-state index contributed by atoms with van der Waals surface area (Å²) < 4.78 is 0. The van der Waals surface area contributed by atoms with E-state index in [1.165, 1.54) is 16.7 Å². The highest BCUT2D eigenvalue weighted by molar-refractivity contribution is 8.00. The fourth-order valence-electron chi connectivity index (χ4n) is 2.59. The molecule has 2 N–H and O–H groups in total. The number of halogens is 2. The number of amides is 3. The first-order chi connectivity index (χ1) is 14.3. The number of carbonyl (C=O) groups is 3. The molecule has 0 aromatic heterocycles. The molecule has 2 rings (SSSR count). The largest absolute Gasteiger partial charge is 0.333 e. The van der Waals surface area contributed by atoms with Gasteiger partial charge in [-0.2, -0.15) is 0 Å². The number of carbonyl (C=O) groups excluding carboxylic acids is 3. The summed E-state index contributed by atoms with van der Waals surface area (Å²) in [6, 6.07) is 12.4. The molecule has 0 spiro atoms. The molecule has 2 aromatic rings. The Morgan fingerprint density at radius 2 is 1.63 bits per heavy atom. The van der Waals surface area contributed by atoms with Crippen LogP contribution in [0.1, 0.15) is 12.5 Å². The molecule has 160 valence electrons. The van der Waals surface area contributed by atoms with Gasteiger partial charge in [0.1, 0.15) is 0 Å². The molecular formula is C21H23Cl2N3O3S. The van der Waals surface area contributed by atoms with Crippen LogP contribution in [0.2, 0.25) is 10.0 Å². The maximum Gasteiger partial charge on any atom is 0.244 e. The molecule has 6 nitrogen and oxygen atoms in total. The Hall–Kier alpha value is -2.22. The first-order valence-electron chi connectivity index (χ1n) is 9.26. The predicted octanol–water partition coefficient (Wildman–Crippen LogP) is 4.46. The molecule has 0 unspecified atom stereocenters. The van der Waals surface area contributed by atoms with E-state index in [4.69, 9.17) is 23.2 Å². The Kier molecular flexibility index (Phi) is 9.49. The van der Waals surface area contributed by atoms with E-state index in [1.54, 1.807) is 25.1 Å². The molecule has 0 fully saturated rings. The topological polar surface area (TPSA) is 78.5 Å². The zero-order chi connectivity index (χ0) is 22.1. The fraction of sp³-hybridized carbons (Fsp3) is 0.286. The summed E-state index contributed by atoms with van der Waals surface area (Å²) in [5.41, 5.74) is 2.08. The van der Waals surface area contributed by atoms with Gasteiger partial charge in [0.15, 0.2) is 0 Å². The van der Waals surface area contributed by atoms with E-state index in [-0.39, 0.29) is 29.9 Å². The van der Waals surface area contributed by atoms with Crippen LogP contribution in [0.4, 0.5) is 11.4 Å². The summed E-state index contributed by atoms with van der Waals surface area (Å²) in [4.78, 5) is 38.2. The average Bonchev–Trinajstić information content (AvgIpc) is 2.69. The Morgan fingerprint density at radius 3 is 2.27 bits per heavy atom. The minimum atomic E-state index is -0.401. The maximum atomic E-state index is 12.4. The lowest BCUT2D eigenvalue weighted by Gasteiger charge is -2.20. The summed E-state index contributed by atoms with van der Waals surface area (Å²) in [7, 11) is 0. The lowest BCUT2D eigenvalue weighted by atomic mass is 10.2.